The quantitative estimate of drug-likeness (QED) is 0.897. The summed E-state index contributed by atoms with van der Waals surface area (Å²) >= 11 is 7.09. The highest BCUT2D eigenvalue weighted by atomic mass is 35.5. The molecule has 0 saturated heterocycles. The molecule has 78 valence electrons. The summed E-state index contributed by atoms with van der Waals surface area (Å²) in [6.07, 6.45) is 1.71. The van der Waals surface area contributed by atoms with E-state index in [1.807, 2.05) is 12.1 Å². The zero-order valence-electron chi connectivity index (χ0n) is 7.81. The second-order valence-electron chi connectivity index (χ2n) is 2.96. The molecule has 0 fully saturated rings. The van der Waals surface area contributed by atoms with Crippen LogP contribution in [0.25, 0.3) is 0 Å². The van der Waals surface area contributed by atoms with Crippen molar-refractivity contribution in [1.29, 1.82) is 0 Å². The molecule has 0 radical (unpaired) electrons. The monoisotopic (exact) mass is 240 g/mol. The van der Waals surface area contributed by atoms with Crippen LogP contribution in [0.2, 0.25) is 5.02 Å². The summed E-state index contributed by atoms with van der Waals surface area (Å²) in [7, 11) is 0. The Labute approximate surface area is 96.6 Å². The highest BCUT2D eigenvalue weighted by Gasteiger charge is 2.02. The Morgan fingerprint density at radius 3 is 3.00 bits per heavy atom. The van der Waals surface area contributed by atoms with Gasteiger partial charge in [0.1, 0.15) is 17.4 Å². The predicted molar refractivity (Wildman–Crippen MR) is 62.3 cm³/mol. The van der Waals surface area contributed by atoms with Crippen molar-refractivity contribution in [3.8, 4) is 5.75 Å². The third kappa shape index (κ3) is 2.61. The molecule has 0 spiro atoms. The van der Waals surface area contributed by atoms with E-state index in [9.17, 15) is 0 Å². The van der Waals surface area contributed by atoms with Crippen molar-refractivity contribution < 1.29 is 4.74 Å². The average molecular weight is 241 g/mol. The van der Waals surface area contributed by atoms with Crippen LogP contribution < -0.4 is 10.5 Å². The molecule has 0 unspecified atom stereocenters. The van der Waals surface area contributed by atoms with Crippen LogP contribution in [0, 0.1) is 0 Å². The van der Waals surface area contributed by atoms with E-state index in [0.717, 1.165) is 11.3 Å². The summed E-state index contributed by atoms with van der Waals surface area (Å²) in [6.45, 7) is 0.419. The normalized spacial score (nSPS) is 10.2. The third-order valence-corrected chi connectivity index (χ3v) is 2.77. The summed E-state index contributed by atoms with van der Waals surface area (Å²) in [5.74, 6) is 0.730. The molecule has 3 nitrogen and oxygen atoms in total. The summed E-state index contributed by atoms with van der Waals surface area (Å²) < 4.78 is 9.48. The van der Waals surface area contributed by atoms with E-state index in [0.29, 0.717) is 16.6 Å². The van der Waals surface area contributed by atoms with Gasteiger partial charge in [-0.1, -0.05) is 17.7 Å². The van der Waals surface area contributed by atoms with Crippen LogP contribution in [0.15, 0.2) is 30.5 Å². The first-order valence-corrected chi connectivity index (χ1v) is 5.48. The number of benzene rings is 1. The molecular weight excluding hydrogens is 232 g/mol. The number of halogens is 1. The predicted octanol–water partition coefficient (Wildman–Crippen LogP) is 2.96. The van der Waals surface area contributed by atoms with Crippen molar-refractivity contribution >= 4 is 28.1 Å². The van der Waals surface area contributed by atoms with E-state index < -0.39 is 0 Å². The Kier molecular flexibility index (Phi) is 3.08. The fourth-order valence-electron chi connectivity index (χ4n) is 1.10. The van der Waals surface area contributed by atoms with Gasteiger partial charge in [0.2, 0.25) is 0 Å². The molecule has 1 heterocycles. The molecule has 1 aromatic carbocycles. The van der Waals surface area contributed by atoms with Gasteiger partial charge in [-0.2, -0.15) is 4.37 Å². The number of rotatable bonds is 3. The maximum absolute atomic E-state index is 5.82. The standard InChI is InChI=1S/C10H9ClN2OS/c11-8-2-1-3-9(4-8)14-6-7-5-13-15-10(7)12/h1-5H,6,12H2. The number of aromatic nitrogens is 1. The Balaban J connectivity index is 2.02. The van der Waals surface area contributed by atoms with Crippen LogP contribution >= 0.6 is 23.1 Å². The molecular formula is C10H9ClN2OS. The highest BCUT2D eigenvalue weighted by molar-refractivity contribution is 7.10. The van der Waals surface area contributed by atoms with Gasteiger partial charge in [0.05, 0.1) is 0 Å². The van der Waals surface area contributed by atoms with Crippen molar-refractivity contribution in [2.75, 3.05) is 5.73 Å². The minimum absolute atomic E-state index is 0.419. The molecule has 5 heteroatoms. The first-order chi connectivity index (χ1) is 7.25. The Bertz CT molecular complexity index is 458. The van der Waals surface area contributed by atoms with Gasteiger partial charge in [-0.05, 0) is 29.7 Å². The molecule has 0 aliphatic heterocycles. The topological polar surface area (TPSA) is 48.1 Å². The van der Waals surface area contributed by atoms with E-state index >= 15 is 0 Å². The number of ether oxygens (including phenoxy) is 1. The lowest BCUT2D eigenvalue weighted by atomic mass is 10.3. The zero-order valence-corrected chi connectivity index (χ0v) is 9.39. The number of nitrogen functional groups attached to an aromatic ring is 1. The molecule has 1 aromatic heterocycles. The molecule has 0 atom stereocenters. The van der Waals surface area contributed by atoms with Gasteiger partial charge in [0, 0.05) is 16.8 Å². The van der Waals surface area contributed by atoms with Crippen LogP contribution in [0.4, 0.5) is 5.00 Å². The van der Waals surface area contributed by atoms with Crippen molar-refractivity contribution in [3.63, 3.8) is 0 Å². The van der Waals surface area contributed by atoms with E-state index in [1.54, 1.807) is 18.3 Å². The van der Waals surface area contributed by atoms with Crippen molar-refractivity contribution in [3.05, 3.63) is 41.0 Å². The van der Waals surface area contributed by atoms with E-state index in [-0.39, 0.29) is 0 Å². The zero-order chi connectivity index (χ0) is 10.7. The van der Waals surface area contributed by atoms with Crippen molar-refractivity contribution in [2.45, 2.75) is 6.61 Å². The highest BCUT2D eigenvalue weighted by Crippen LogP contribution is 2.21. The largest absolute Gasteiger partial charge is 0.489 e. The molecule has 0 aliphatic rings. The molecule has 0 saturated carbocycles. The first kappa shape index (κ1) is 10.3. The maximum Gasteiger partial charge on any atom is 0.121 e. The molecule has 2 N–H and O–H groups in total. The number of hydrogen-bond acceptors (Lipinski definition) is 4. The molecule has 2 rings (SSSR count). The number of hydrogen-bond donors (Lipinski definition) is 1. The second-order valence-corrected chi connectivity index (χ2v) is 4.23. The van der Waals surface area contributed by atoms with E-state index in [2.05, 4.69) is 4.37 Å². The Morgan fingerprint density at radius 2 is 2.33 bits per heavy atom. The summed E-state index contributed by atoms with van der Waals surface area (Å²) in [5, 5.41) is 1.35. The summed E-state index contributed by atoms with van der Waals surface area (Å²) in [6, 6.07) is 7.25. The van der Waals surface area contributed by atoms with Gasteiger partial charge in [0.15, 0.2) is 0 Å². The van der Waals surface area contributed by atoms with E-state index in [1.165, 1.54) is 11.5 Å². The fraction of sp³-hybridized carbons (Fsp3) is 0.100. The Morgan fingerprint density at radius 1 is 1.47 bits per heavy atom. The first-order valence-electron chi connectivity index (χ1n) is 4.33. The third-order valence-electron chi connectivity index (χ3n) is 1.87. The van der Waals surface area contributed by atoms with Gasteiger partial charge in [0.25, 0.3) is 0 Å². The van der Waals surface area contributed by atoms with Gasteiger partial charge < -0.3 is 10.5 Å². The minimum Gasteiger partial charge on any atom is -0.489 e. The van der Waals surface area contributed by atoms with Crippen LogP contribution in [0.1, 0.15) is 5.56 Å². The van der Waals surface area contributed by atoms with Crippen molar-refractivity contribution in [1.82, 2.24) is 4.37 Å². The lowest BCUT2D eigenvalue weighted by molar-refractivity contribution is 0.307. The second kappa shape index (κ2) is 4.51. The molecule has 0 aliphatic carbocycles. The Hall–Kier alpha value is -1.26. The van der Waals surface area contributed by atoms with Crippen molar-refractivity contribution in [2.24, 2.45) is 0 Å². The van der Waals surface area contributed by atoms with Gasteiger partial charge >= 0.3 is 0 Å². The van der Waals surface area contributed by atoms with Crippen LogP contribution in [-0.2, 0) is 6.61 Å². The lowest BCUT2D eigenvalue weighted by Gasteiger charge is -2.04. The maximum atomic E-state index is 5.82. The van der Waals surface area contributed by atoms with Crippen LogP contribution in [-0.4, -0.2) is 4.37 Å². The lowest BCUT2D eigenvalue weighted by Crippen LogP contribution is -1.96. The number of nitrogens with zero attached hydrogens (tertiary/aromatic N) is 1. The van der Waals surface area contributed by atoms with Crippen LogP contribution in [0.5, 0.6) is 5.75 Å². The molecule has 0 amide bonds. The number of anilines is 1. The van der Waals surface area contributed by atoms with Gasteiger partial charge in [-0.3, -0.25) is 0 Å². The van der Waals surface area contributed by atoms with Gasteiger partial charge in [-0.15, -0.1) is 0 Å². The summed E-state index contributed by atoms with van der Waals surface area (Å²) in [5.41, 5.74) is 6.59. The number of nitrogens with two attached hydrogens (primary N) is 1. The minimum atomic E-state index is 0.419. The SMILES string of the molecule is Nc1sncc1COc1cccc(Cl)c1. The average Bonchev–Trinajstić information content (AvgIpc) is 2.61. The fourth-order valence-corrected chi connectivity index (χ4v) is 1.80. The molecule has 2 aromatic rings. The van der Waals surface area contributed by atoms with Gasteiger partial charge in [-0.25, -0.2) is 0 Å². The molecule has 15 heavy (non-hydrogen) atoms. The van der Waals surface area contributed by atoms with Crippen LogP contribution in [0.3, 0.4) is 0 Å². The van der Waals surface area contributed by atoms with E-state index in [4.69, 9.17) is 22.1 Å². The smallest absolute Gasteiger partial charge is 0.121 e. The molecule has 0 bridgehead atoms. The summed E-state index contributed by atoms with van der Waals surface area (Å²) in [4.78, 5) is 0.